The Morgan fingerprint density at radius 3 is 2.57 bits per heavy atom. The molecule has 3 rings (SSSR count). The van der Waals surface area contributed by atoms with Gasteiger partial charge in [0.25, 0.3) is 5.91 Å². The molecule has 0 radical (unpaired) electrons. The van der Waals surface area contributed by atoms with Crippen molar-refractivity contribution in [2.24, 2.45) is 0 Å². The Kier molecular flexibility index (Phi) is 5.94. The van der Waals surface area contributed by atoms with E-state index in [9.17, 15) is 18.8 Å². The minimum absolute atomic E-state index is 0.0561. The number of ether oxygens (including phenoxy) is 1. The first-order valence-corrected chi connectivity index (χ1v) is 9.10. The molecule has 2 aromatic rings. The highest BCUT2D eigenvalue weighted by atomic mass is 35.5. The molecule has 0 bridgehead atoms. The van der Waals surface area contributed by atoms with E-state index in [0.29, 0.717) is 29.4 Å². The van der Waals surface area contributed by atoms with Crippen molar-refractivity contribution in [2.75, 3.05) is 16.8 Å². The van der Waals surface area contributed by atoms with Gasteiger partial charge >= 0.3 is 5.97 Å². The van der Waals surface area contributed by atoms with E-state index in [1.165, 1.54) is 54.3 Å². The molecule has 0 aromatic heterocycles. The van der Waals surface area contributed by atoms with Crippen molar-refractivity contribution in [1.29, 1.82) is 0 Å². The van der Waals surface area contributed by atoms with Gasteiger partial charge in [0.1, 0.15) is 5.82 Å². The molecule has 0 spiro atoms. The largest absolute Gasteiger partial charge is 0.449 e. The van der Waals surface area contributed by atoms with Gasteiger partial charge in [-0.15, -0.1) is 0 Å². The second kappa shape index (κ2) is 8.39. The number of amides is 2. The fourth-order valence-electron chi connectivity index (χ4n) is 2.81. The number of benzene rings is 2. The molecule has 146 valence electrons. The van der Waals surface area contributed by atoms with Gasteiger partial charge in [-0.1, -0.05) is 11.6 Å². The van der Waals surface area contributed by atoms with Crippen LogP contribution in [0.15, 0.2) is 42.5 Å². The Bertz CT molecular complexity index is 917. The quantitative estimate of drug-likeness (QED) is 0.769. The van der Waals surface area contributed by atoms with Crippen LogP contribution in [0.1, 0.15) is 30.1 Å². The predicted molar refractivity (Wildman–Crippen MR) is 103 cm³/mol. The summed E-state index contributed by atoms with van der Waals surface area (Å²) in [6.45, 7) is 1.96. The molecule has 2 amide bonds. The molecule has 8 heteroatoms. The Labute approximate surface area is 166 Å². The second-order valence-electron chi connectivity index (χ2n) is 6.36. The number of anilines is 2. The van der Waals surface area contributed by atoms with Gasteiger partial charge in [0.2, 0.25) is 5.91 Å². The minimum Gasteiger partial charge on any atom is -0.449 e. The molecule has 28 heavy (non-hydrogen) atoms. The summed E-state index contributed by atoms with van der Waals surface area (Å²) < 4.78 is 18.1. The molecule has 1 N–H and O–H groups in total. The number of hydrogen-bond donors (Lipinski definition) is 1. The average Bonchev–Trinajstić information content (AvgIpc) is 3.09. The van der Waals surface area contributed by atoms with Crippen molar-refractivity contribution in [3.8, 4) is 0 Å². The molecule has 0 saturated carbocycles. The first-order valence-electron chi connectivity index (χ1n) is 8.72. The highest BCUT2D eigenvalue weighted by Crippen LogP contribution is 2.30. The average molecular weight is 405 g/mol. The van der Waals surface area contributed by atoms with E-state index < -0.39 is 23.8 Å². The van der Waals surface area contributed by atoms with Crippen molar-refractivity contribution in [1.82, 2.24) is 0 Å². The molecule has 2 aromatic carbocycles. The first kappa shape index (κ1) is 19.8. The third kappa shape index (κ3) is 4.48. The summed E-state index contributed by atoms with van der Waals surface area (Å²) in [4.78, 5) is 38.1. The third-order valence-electron chi connectivity index (χ3n) is 4.31. The van der Waals surface area contributed by atoms with Crippen LogP contribution in [0.5, 0.6) is 0 Å². The van der Waals surface area contributed by atoms with Crippen LogP contribution in [0.2, 0.25) is 5.02 Å². The number of carbonyl (C=O) groups is 3. The molecule has 1 saturated heterocycles. The van der Waals surface area contributed by atoms with Crippen LogP contribution < -0.4 is 10.2 Å². The number of nitrogens with one attached hydrogen (secondary N) is 1. The molecular formula is C20H18ClFN2O4. The Morgan fingerprint density at radius 2 is 1.93 bits per heavy atom. The number of carbonyl (C=O) groups excluding carboxylic acids is 3. The minimum atomic E-state index is -1.08. The van der Waals surface area contributed by atoms with E-state index in [4.69, 9.17) is 16.3 Å². The summed E-state index contributed by atoms with van der Waals surface area (Å²) in [6, 6.07) is 9.70. The van der Waals surface area contributed by atoms with Gasteiger partial charge in [-0.3, -0.25) is 9.59 Å². The van der Waals surface area contributed by atoms with Crippen molar-refractivity contribution in [3.05, 3.63) is 58.9 Å². The summed E-state index contributed by atoms with van der Waals surface area (Å²) in [6.07, 6.45) is 0.0841. The van der Waals surface area contributed by atoms with Crippen molar-refractivity contribution < 1.29 is 23.5 Å². The predicted octanol–water partition coefficient (Wildman–Crippen LogP) is 3.79. The third-order valence-corrected chi connectivity index (χ3v) is 4.63. The zero-order chi connectivity index (χ0) is 20.3. The van der Waals surface area contributed by atoms with Crippen LogP contribution >= 0.6 is 11.6 Å². The van der Waals surface area contributed by atoms with Gasteiger partial charge < -0.3 is 15.0 Å². The first-order chi connectivity index (χ1) is 13.3. The molecule has 1 fully saturated rings. The number of nitrogens with zero attached hydrogens (tertiary/aromatic N) is 1. The van der Waals surface area contributed by atoms with Gasteiger partial charge in [0.05, 0.1) is 16.3 Å². The van der Waals surface area contributed by atoms with Crippen LogP contribution in [0.4, 0.5) is 15.8 Å². The van der Waals surface area contributed by atoms with Crippen LogP contribution in [0.3, 0.4) is 0 Å². The lowest BCUT2D eigenvalue weighted by atomic mass is 10.2. The van der Waals surface area contributed by atoms with Gasteiger partial charge in [-0.2, -0.15) is 0 Å². The van der Waals surface area contributed by atoms with Crippen molar-refractivity contribution in [2.45, 2.75) is 25.9 Å². The van der Waals surface area contributed by atoms with Crippen LogP contribution in [-0.4, -0.2) is 30.4 Å². The van der Waals surface area contributed by atoms with E-state index in [1.807, 2.05) is 0 Å². The molecule has 1 aliphatic heterocycles. The van der Waals surface area contributed by atoms with Crippen molar-refractivity contribution >= 4 is 40.8 Å². The fraction of sp³-hybridized carbons (Fsp3) is 0.250. The fourth-order valence-corrected chi connectivity index (χ4v) is 3.03. The molecule has 6 nitrogen and oxygen atoms in total. The molecule has 1 heterocycles. The summed E-state index contributed by atoms with van der Waals surface area (Å²) >= 11 is 6.17. The highest BCUT2D eigenvalue weighted by Gasteiger charge is 2.25. The Balaban J connectivity index is 1.67. The van der Waals surface area contributed by atoms with Gasteiger partial charge in [0, 0.05) is 18.7 Å². The van der Waals surface area contributed by atoms with Gasteiger partial charge in [-0.05, 0) is 55.8 Å². The van der Waals surface area contributed by atoms with Crippen LogP contribution in [0.25, 0.3) is 0 Å². The number of rotatable bonds is 5. The summed E-state index contributed by atoms with van der Waals surface area (Å²) in [5.41, 5.74) is 1.01. The lowest BCUT2D eigenvalue weighted by Gasteiger charge is -2.18. The second-order valence-corrected chi connectivity index (χ2v) is 6.77. The molecule has 1 aliphatic rings. The Morgan fingerprint density at radius 1 is 1.21 bits per heavy atom. The molecule has 0 unspecified atom stereocenters. The lowest BCUT2D eigenvalue weighted by Crippen LogP contribution is -2.30. The molecular weight excluding hydrogens is 387 g/mol. The van der Waals surface area contributed by atoms with E-state index in [0.717, 1.165) is 6.42 Å². The van der Waals surface area contributed by atoms with E-state index in [1.54, 1.807) is 0 Å². The number of halogens is 2. The maximum Gasteiger partial charge on any atom is 0.338 e. The van der Waals surface area contributed by atoms with Crippen molar-refractivity contribution in [3.63, 3.8) is 0 Å². The van der Waals surface area contributed by atoms with Gasteiger partial charge in [0.15, 0.2) is 6.10 Å². The summed E-state index contributed by atoms with van der Waals surface area (Å²) in [5.74, 6) is -1.75. The Hall–Kier alpha value is -2.93. The summed E-state index contributed by atoms with van der Waals surface area (Å²) in [5, 5.41) is 2.90. The lowest BCUT2D eigenvalue weighted by molar-refractivity contribution is -0.123. The molecule has 0 aliphatic carbocycles. The number of esters is 1. The van der Waals surface area contributed by atoms with E-state index >= 15 is 0 Å². The molecule has 1 atom stereocenters. The zero-order valence-corrected chi connectivity index (χ0v) is 15.8. The maximum atomic E-state index is 12.9. The van der Waals surface area contributed by atoms with Crippen LogP contribution in [0, 0.1) is 5.82 Å². The monoisotopic (exact) mass is 404 g/mol. The van der Waals surface area contributed by atoms with E-state index in [-0.39, 0.29) is 11.5 Å². The van der Waals surface area contributed by atoms with Crippen LogP contribution in [-0.2, 0) is 14.3 Å². The SMILES string of the molecule is C[C@@H](OC(=O)c1ccc(Cl)c(N2CCCC2=O)c1)C(=O)Nc1ccc(F)cc1. The van der Waals surface area contributed by atoms with E-state index in [2.05, 4.69) is 5.32 Å². The maximum absolute atomic E-state index is 12.9. The normalized spacial score (nSPS) is 14.7. The highest BCUT2D eigenvalue weighted by molar-refractivity contribution is 6.34. The summed E-state index contributed by atoms with van der Waals surface area (Å²) in [7, 11) is 0. The topological polar surface area (TPSA) is 75.7 Å². The number of hydrogen-bond acceptors (Lipinski definition) is 4. The standard InChI is InChI=1S/C20H18ClFN2O4/c1-12(19(26)23-15-7-5-14(22)6-8-15)28-20(27)13-4-9-16(21)17(11-13)24-10-2-3-18(24)25/h4-9,11-12H,2-3,10H2,1H3,(H,23,26)/t12-/m1/s1. The van der Waals surface area contributed by atoms with Gasteiger partial charge in [-0.25, -0.2) is 9.18 Å². The zero-order valence-electron chi connectivity index (χ0n) is 15.1. The smallest absolute Gasteiger partial charge is 0.338 e.